The number of anilines is 2. The van der Waals surface area contributed by atoms with Crippen LogP contribution in [0.25, 0.3) is 0 Å². The summed E-state index contributed by atoms with van der Waals surface area (Å²) >= 11 is 5.09. The molecule has 1 fully saturated rings. The van der Waals surface area contributed by atoms with E-state index in [9.17, 15) is 4.79 Å². The highest BCUT2D eigenvalue weighted by atomic mass is 32.1. The number of carbonyl (C=O) groups excluding carboxylic acids is 1. The van der Waals surface area contributed by atoms with E-state index in [2.05, 4.69) is 10.6 Å². The third-order valence-electron chi connectivity index (χ3n) is 3.28. The highest BCUT2D eigenvalue weighted by Crippen LogP contribution is 2.33. The molecule has 2 N–H and O–H groups in total. The van der Waals surface area contributed by atoms with Crippen LogP contribution in [0, 0.1) is 0 Å². The summed E-state index contributed by atoms with van der Waals surface area (Å²) in [6.07, 6.45) is 2.57. The van der Waals surface area contributed by atoms with Crippen LogP contribution >= 0.6 is 12.2 Å². The molecule has 0 atom stereocenters. The van der Waals surface area contributed by atoms with Crippen molar-refractivity contribution in [3.8, 4) is 5.75 Å². The molecular formula is C14H19N3O2S. The van der Waals surface area contributed by atoms with Gasteiger partial charge in [0.05, 0.1) is 12.8 Å². The summed E-state index contributed by atoms with van der Waals surface area (Å²) in [7, 11) is 3.37. The zero-order valence-corrected chi connectivity index (χ0v) is 12.5. The Morgan fingerprint density at radius 2 is 2.20 bits per heavy atom. The normalized spacial score (nSPS) is 14.9. The molecule has 1 amide bonds. The number of nitrogens with zero attached hydrogens (tertiary/aromatic N) is 1. The average molecular weight is 293 g/mol. The third-order valence-corrected chi connectivity index (χ3v) is 3.58. The van der Waals surface area contributed by atoms with Crippen LogP contribution in [0.4, 0.5) is 11.4 Å². The van der Waals surface area contributed by atoms with Crippen LogP contribution in [0.5, 0.6) is 5.75 Å². The van der Waals surface area contributed by atoms with Crippen molar-refractivity contribution in [2.45, 2.75) is 19.3 Å². The first-order valence-electron chi connectivity index (χ1n) is 6.63. The van der Waals surface area contributed by atoms with Crippen molar-refractivity contribution in [1.29, 1.82) is 0 Å². The lowest BCUT2D eigenvalue weighted by Crippen LogP contribution is -2.35. The van der Waals surface area contributed by atoms with Gasteiger partial charge in [0, 0.05) is 25.7 Å². The van der Waals surface area contributed by atoms with Crippen molar-refractivity contribution < 1.29 is 9.53 Å². The molecule has 0 unspecified atom stereocenters. The number of ether oxygens (including phenoxy) is 1. The van der Waals surface area contributed by atoms with Gasteiger partial charge >= 0.3 is 0 Å². The number of methoxy groups -OCH3 is 1. The smallest absolute Gasteiger partial charge is 0.227 e. The molecule has 1 aliphatic rings. The first kappa shape index (κ1) is 14.6. The minimum atomic E-state index is 0.142. The topological polar surface area (TPSA) is 53.6 Å². The number of hydrogen-bond acceptors (Lipinski definition) is 3. The average Bonchev–Trinajstić information content (AvgIpc) is 2.47. The Bertz CT molecular complexity index is 519. The summed E-state index contributed by atoms with van der Waals surface area (Å²) < 4.78 is 5.36. The fourth-order valence-electron chi connectivity index (χ4n) is 2.23. The van der Waals surface area contributed by atoms with Crippen LogP contribution in [0.15, 0.2) is 18.2 Å². The number of hydrogen-bond donors (Lipinski definition) is 2. The molecule has 1 aromatic rings. The summed E-state index contributed by atoms with van der Waals surface area (Å²) in [5, 5.41) is 6.46. The molecule has 20 heavy (non-hydrogen) atoms. The van der Waals surface area contributed by atoms with Gasteiger partial charge in [-0.15, -0.1) is 0 Å². The molecule has 2 rings (SSSR count). The van der Waals surface area contributed by atoms with E-state index in [0.29, 0.717) is 17.3 Å². The van der Waals surface area contributed by atoms with E-state index < -0.39 is 0 Å². The van der Waals surface area contributed by atoms with E-state index in [-0.39, 0.29) is 5.91 Å². The quantitative estimate of drug-likeness (QED) is 0.836. The van der Waals surface area contributed by atoms with Gasteiger partial charge in [-0.05, 0) is 43.3 Å². The molecular weight excluding hydrogens is 274 g/mol. The fourth-order valence-corrected chi connectivity index (χ4v) is 2.35. The van der Waals surface area contributed by atoms with Crippen LogP contribution in [0.3, 0.4) is 0 Å². The molecule has 0 saturated carbocycles. The highest BCUT2D eigenvalue weighted by Gasteiger charge is 2.22. The Hall–Kier alpha value is -1.82. The second kappa shape index (κ2) is 6.56. The van der Waals surface area contributed by atoms with Crippen LogP contribution in [0.1, 0.15) is 19.3 Å². The van der Waals surface area contributed by atoms with Gasteiger partial charge in [0.1, 0.15) is 5.75 Å². The monoisotopic (exact) mass is 293 g/mol. The van der Waals surface area contributed by atoms with E-state index >= 15 is 0 Å². The molecule has 5 nitrogen and oxygen atoms in total. The Morgan fingerprint density at radius 1 is 1.40 bits per heavy atom. The number of carbonyl (C=O) groups is 1. The Balaban J connectivity index is 2.30. The molecule has 0 aromatic heterocycles. The Labute approximate surface area is 124 Å². The van der Waals surface area contributed by atoms with E-state index in [4.69, 9.17) is 17.0 Å². The van der Waals surface area contributed by atoms with Gasteiger partial charge in [0.25, 0.3) is 0 Å². The zero-order chi connectivity index (χ0) is 14.5. The number of nitrogens with one attached hydrogen (secondary N) is 2. The van der Waals surface area contributed by atoms with Gasteiger partial charge in [0.15, 0.2) is 5.11 Å². The maximum absolute atomic E-state index is 12.1. The molecule has 0 aliphatic carbocycles. The molecule has 0 spiro atoms. The first-order chi connectivity index (χ1) is 9.65. The van der Waals surface area contributed by atoms with Crippen molar-refractivity contribution in [1.82, 2.24) is 5.32 Å². The molecule has 6 heteroatoms. The predicted octanol–water partition coefficient (Wildman–Crippen LogP) is 2.13. The SMILES string of the molecule is CNC(=S)Nc1ccc(OC)c(N2CCCCC2=O)c1. The maximum atomic E-state index is 12.1. The Morgan fingerprint density at radius 3 is 2.85 bits per heavy atom. The second-order valence-electron chi connectivity index (χ2n) is 4.59. The predicted molar refractivity (Wildman–Crippen MR) is 84.5 cm³/mol. The lowest BCUT2D eigenvalue weighted by atomic mass is 10.1. The summed E-state index contributed by atoms with van der Waals surface area (Å²) in [5.41, 5.74) is 1.62. The summed E-state index contributed by atoms with van der Waals surface area (Å²) in [6, 6.07) is 5.61. The number of benzene rings is 1. The van der Waals surface area contributed by atoms with Crippen LogP contribution < -0.4 is 20.3 Å². The van der Waals surface area contributed by atoms with Gasteiger partial charge in [-0.1, -0.05) is 0 Å². The van der Waals surface area contributed by atoms with Gasteiger partial charge in [-0.3, -0.25) is 4.79 Å². The van der Waals surface area contributed by atoms with Crippen molar-refractivity contribution in [3.05, 3.63) is 18.2 Å². The minimum Gasteiger partial charge on any atom is -0.495 e. The summed E-state index contributed by atoms with van der Waals surface area (Å²) in [4.78, 5) is 13.9. The van der Waals surface area contributed by atoms with Gasteiger partial charge in [-0.2, -0.15) is 0 Å². The minimum absolute atomic E-state index is 0.142. The number of thiocarbonyl (C=S) groups is 1. The van der Waals surface area contributed by atoms with Gasteiger partial charge < -0.3 is 20.3 Å². The largest absolute Gasteiger partial charge is 0.495 e. The van der Waals surface area contributed by atoms with Crippen molar-refractivity contribution in [3.63, 3.8) is 0 Å². The molecule has 1 aliphatic heterocycles. The standard InChI is InChI=1S/C14H19N3O2S/c1-15-14(20)16-10-6-7-12(19-2)11(9-10)17-8-4-3-5-13(17)18/h6-7,9H,3-5,8H2,1-2H3,(H2,15,16,20). The van der Waals surface area contributed by atoms with Crippen LogP contribution in [-0.2, 0) is 4.79 Å². The van der Waals surface area contributed by atoms with Gasteiger partial charge in [-0.25, -0.2) is 0 Å². The number of piperidine rings is 1. The Kier molecular flexibility index (Phi) is 4.79. The van der Waals surface area contributed by atoms with Crippen LogP contribution in [0.2, 0.25) is 0 Å². The third kappa shape index (κ3) is 3.19. The van der Waals surface area contributed by atoms with Crippen molar-refractivity contribution in [2.75, 3.05) is 30.9 Å². The van der Waals surface area contributed by atoms with E-state index in [0.717, 1.165) is 30.8 Å². The summed E-state index contributed by atoms with van der Waals surface area (Å²) in [6.45, 7) is 0.731. The molecule has 1 aromatic carbocycles. The lowest BCUT2D eigenvalue weighted by Gasteiger charge is -2.28. The number of rotatable bonds is 3. The molecule has 1 saturated heterocycles. The molecule has 1 heterocycles. The molecule has 0 radical (unpaired) electrons. The maximum Gasteiger partial charge on any atom is 0.227 e. The number of amides is 1. The zero-order valence-electron chi connectivity index (χ0n) is 11.7. The summed E-state index contributed by atoms with van der Waals surface area (Å²) in [5.74, 6) is 0.837. The first-order valence-corrected chi connectivity index (χ1v) is 7.03. The van der Waals surface area contributed by atoms with Crippen molar-refractivity contribution >= 4 is 34.6 Å². The van der Waals surface area contributed by atoms with Crippen LogP contribution in [-0.4, -0.2) is 31.7 Å². The van der Waals surface area contributed by atoms with E-state index in [1.807, 2.05) is 18.2 Å². The molecule has 0 bridgehead atoms. The van der Waals surface area contributed by atoms with Gasteiger partial charge in [0.2, 0.25) is 5.91 Å². The van der Waals surface area contributed by atoms with Crippen molar-refractivity contribution in [2.24, 2.45) is 0 Å². The second-order valence-corrected chi connectivity index (χ2v) is 5.00. The fraction of sp³-hybridized carbons (Fsp3) is 0.429. The van der Waals surface area contributed by atoms with E-state index in [1.165, 1.54) is 0 Å². The molecule has 108 valence electrons. The highest BCUT2D eigenvalue weighted by molar-refractivity contribution is 7.80. The lowest BCUT2D eigenvalue weighted by molar-refractivity contribution is -0.119. The van der Waals surface area contributed by atoms with E-state index in [1.54, 1.807) is 19.1 Å².